The molecule has 0 aliphatic heterocycles. The van der Waals surface area contributed by atoms with Gasteiger partial charge in [-0.25, -0.2) is 4.57 Å². The third kappa shape index (κ3) is 38.8. The minimum atomic E-state index is -4.79. The van der Waals surface area contributed by atoms with E-state index in [0.29, 0.717) is 25.7 Å². The maximum atomic E-state index is 12.4. The van der Waals surface area contributed by atoms with Gasteiger partial charge in [0.2, 0.25) is 0 Å². The number of rotatable bonds is 35. The van der Waals surface area contributed by atoms with Gasteiger partial charge in [0, 0.05) is 12.8 Å². The van der Waals surface area contributed by atoms with Gasteiger partial charge >= 0.3 is 19.8 Å². The Bertz CT molecular complexity index is 1030. The molecule has 0 rings (SSSR count). The average Bonchev–Trinajstić information content (AvgIpc) is 3.09. The second-order valence-corrected chi connectivity index (χ2v) is 14.3. The summed E-state index contributed by atoms with van der Waals surface area (Å²) in [5.41, 5.74) is 0. The molecule has 1 unspecified atom stereocenters. The molecule has 294 valence electrons. The van der Waals surface area contributed by atoms with E-state index in [4.69, 9.17) is 19.3 Å². The van der Waals surface area contributed by atoms with Crippen molar-refractivity contribution in [1.82, 2.24) is 0 Å². The van der Waals surface area contributed by atoms with E-state index in [-0.39, 0.29) is 19.4 Å². The monoisotopic (exact) mass is 738 g/mol. The number of unbranched alkanes of at least 4 members (excludes halogenated alkanes) is 15. The summed E-state index contributed by atoms with van der Waals surface area (Å²) in [6.45, 7) is 3.51. The van der Waals surface area contributed by atoms with Crippen molar-refractivity contribution in [1.29, 1.82) is 0 Å². The Hall–Kier alpha value is -2.29. The number of phosphoric acid groups is 1. The molecule has 0 aromatic carbocycles. The summed E-state index contributed by atoms with van der Waals surface area (Å²) in [7, 11) is -4.79. The van der Waals surface area contributed by atoms with Crippen molar-refractivity contribution in [2.75, 3.05) is 13.2 Å². The fraction of sp³-hybridized carbons (Fsp3) is 0.707. The van der Waals surface area contributed by atoms with Crippen molar-refractivity contribution in [3.8, 4) is 0 Å². The lowest BCUT2D eigenvalue weighted by Crippen LogP contribution is -2.29. The summed E-state index contributed by atoms with van der Waals surface area (Å²) >= 11 is 0. The van der Waals surface area contributed by atoms with Crippen molar-refractivity contribution < 1.29 is 43.0 Å². The molecular weight excluding hydrogens is 667 g/mol. The minimum Gasteiger partial charge on any atom is -0.462 e. The predicted molar refractivity (Wildman–Crippen MR) is 208 cm³/mol. The fourth-order valence-corrected chi connectivity index (χ4v) is 5.45. The predicted octanol–water partition coefficient (Wildman–Crippen LogP) is 10.7. The minimum absolute atomic E-state index is 0.0732. The van der Waals surface area contributed by atoms with Crippen LogP contribution < -0.4 is 0 Å². The lowest BCUT2D eigenvalue weighted by molar-refractivity contribution is -0.161. The molecule has 51 heavy (non-hydrogen) atoms. The van der Waals surface area contributed by atoms with E-state index >= 15 is 0 Å². The lowest BCUT2D eigenvalue weighted by atomic mass is 10.1. The molecule has 0 bridgehead atoms. The number of ether oxygens (including phenoxy) is 2. The molecule has 0 saturated carbocycles. The summed E-state index contributed by atoms with van der Waals surface area (Å²) in [4.78, 5) is 42.7. The molecule has 0 aromatic heterocycles. The standard InChI is InChI=1S/C41H71O9P/c1-3-5-7-9-11-13-14-15-16-17-18-20-22-26-30-34-40(43)48-36-39(37-49-51(45,46)47)50-41(44)35-31-27-23-25-29-33-38(42)32-28-24-21-19-12-10-8-6-4-2/h12,15-16,19,23-25,28-29,33,38-39,42H,3-11,13-14,17-18,20-22,26-27,30-32,34-37H2,1-2H3,(H2,45,46,47)/b16-15-,19-12-,25-23+,28-24-,33-29-/t38?,39-/m1/s1. The van der Waals surface area contributed by atoms with Crippen LogP contribution in [-0.4, -0.2) is 52.3 Å². The first kappa shape index (κ1) is 48.7. The number of allylic oxidation sites excluding steroid dienone is 8. The van der Waals surface area contributed by atoms with E-state index in [1.165, 1.54) is 64.2 Å². The number of aliphatic hydroxyl groups is 1. The van der Waals surface area contributed by atoms with E-state index in [0.717, 1.165) is 44.9 Å². The van der Waals surface area contributed by atoms with Gasteiger partial charge in [-0.1, -0.05) is 139 Å². The van der Waals surface area contributed by atoms with Crippen molar-refractivity contribution in [2.45, 2.75) is 174 Å². The van der Waals surface area contributed by atoms with Crippen LogP contribution in [0.2, 0.25) is 0 Å². The highest BCUT2D eigenvalue weighted by Gasteiger charge is 2.22. The van der Waals surface area contributed by atoms with E-state index in [9.17, 15) is 19.3 Å². The van der Waals surface area contributed by atoms with E-state index in [1.807, 2.05) is 18.2 Å². The summed E-state index contributed by atoms with van der Waals surface area (Å²) in [6.07, 6.45) is 41.1. The highest BCUT2D eigenvalue weighted by molar-refractivity contribution is 7.46. The fourth-order valence-electron chi connectivity index (χ4n) is 5.09. The molecule has 9 nitrogen and oxygen atoms in total. The summed E-state index contributed by atoms with van der Waals surface area (Å²) in [5.74, 6) is -1.03. The van der Waals surface area contributed by atoms with E-state index in [1.54, 1.807) is 12.2 Å². The zero-order valence-corrected chi connectivity index (χ0v) is 32.7. The van der Waals surface area contributed by atoms with Crippen LogP contribution in [0.1, 0.15) is 162 Å². The molecule has 10 heteroatoms. The Morgan fingerprint density at radius 3 is 1.80 bits per heavy atom. The van der Waals surface area contributed by atoms with Crippen LogP contribution >= 0.6 is 7.82 Å². The van der Waals surface area contributed by atoms with Crippen molar-refractivity contribution in [3.63, 3.8) is 0 Å². The van der Waals surface area contributed by atoms with Gasteiger partial charge in [0.25, 0.3) is 0 Å². The molecular formula is C41H71O9P. The summed E-state index contributed by atoms with van der Waals surface area (Å²) in [5, 5.41) is 10.1. The first-order chi connectivity index (χ1) is 24.7. The number of esters is 2. The molecule has 0 heterocycles. The Morgan fingerprint density at radius 1 is 0.608 bits per heavy atom. The quantitative estimate of drug-likeness (QED) is 0.0190. The molecule has 0 radical (unpaired) electrons. The molecule has 0 spiro atoms. The molecule has 0 aromatic rings. The third-order valence-electron chi connectivity index (χ3n) is 8.09. The summed E-state index contributed by atoms with van der Waals surface area (Å²) < 4.78 is 26.2. The van der Waals surface area contributed by atoms with Gasteiger partial charge in [0.15, 0.2) is 6.10 Å². The van der Waals surface area contributed by atoms with Crippen LogP contribution in [-0.2, 0) is 28.2 Å². The third-order valence-corrected chi connectivity index (χ3v) is 8.57. The highest BCUT2D eigenvalue weighted by atomic mass is 31.2. The van der Waals surface area contributed by atoms with E-state index in [2.05, 4.69) is 48.8 Å². The smallest absolute Gasteiger partial charge is 0.462 e. The molecule has 0 aliphatic carbocycles. The number of carbonyl (C=O) groups excluding carboxylic acids is 2. The maximum Gasteiger partial charge on any atom is 0.469 e. The van der Waals surface area contributed by atoms with Crippen LogP contribution in [0, 0.1) is 0 Å². The van der Waals surface area contributed by atoms with Crippen molar-refractivity contribution >= 4 is 19.8 Å². The second-order valence-electron chi connectivity index (χ2n) is 13.1. The lowest BCUT2D eigenvalue weighted by Gasteiger charge is -2.18. The van der Waals surface area contributed by atoms with Crippen LogP contribution in [0.5, 0.6) is 0 Å². The van der Waals surface area contributed by atoms with Gasteiger partial charge in [0.1, 0.15) is 6.61 Å². The number of aliphatic hydroxyl groups excluding tert-OH is 1. The maximum absolute atomic E-state index is 12.4. The van der Waals surface area contributed by atoms with Gasteiger partial charge < -0.3 is 24.4 Å². The Kier molecular flexibility index (Phi) is 34.5. The first-order valence-electron chi connectivity index (χ1n) is 19.7. The second kappa shape index (κ2) is 36.1. The van der Waals surface area contributed by atoms with Crippen molar-refractivity contribution in [3.05, 3.63) is 60.8 Å². The number of phosphoric ester groups is 1. The normalized spacial score (nSPS) is 13.7. The largest absolute Gasteiger partial charge is 0.469 e. The molecule has 0 amide bonds. The SMILES string of the molecule is CCCCC/C=C\C/C=C\CC(O)/C=C\C=C\CCCC(=O)O[C@H](COC(=O)CCCCCCC/C=C\CCCCCCCC)COP(=O)(O)O. The first-order valence-corrected chi connectivity index (χ1v) is 21.2. The molecule has 3 N–H and O–H groups in total. The number of carbonyl (C=O) groups is 2. The van der Waals surface area contributed by atoms with Crippen LogP contribution in [0.3, 0.4) is 0 Å². The molecule has 0 aliphatic rings. The van der Waals surface area contributed by atoms with Gasteiger partial charge in [0.05, 0.1) is 12.7 Å². The number of hydrogen-bond acceptors (Lipinski definition) is 7. The van der Waals surface area contributed by atoms with Gasteiger partial charge in [-0.2, -0.15) is 0 Å². The van der Waals surface area contributed by atoms with Crippen LogP contribution in [0.15, 0.2) is 60.8 Å². The Labute approximate surface area is 309 Å². The van der Waals surface area contributed by atoms with Gasteiger partial charge in [-0.3, -0.25) is 14.1 Å². The molecule has 0 fully saturated rings. The zero-order chi connectivity index (χ0) is 37.7. The Morgan fingerprint density at radius 2 is 1.14 bits per heavy atom. The summed E-state index contributed by atoms with van der Waals surface area (Å²) in [6, 6.07) is 0. The van der Waals surface area contributed by atoms with Gasteiger partial charge in [-0.15, -0.1) is 0 Å². The zero-order valence-electron chi connectivity index (χ0n) is 31.8. The van der Waals surface area contributed by atoms with Crippen LogP contribution in [0.25, 0.3) is 0 Å². The van der Waals surface area contributed by atoms with Crippen molar-refractivity contribution in [2.24, 2.45) is 0 Å². The van der Waals surface area contributed by atoms with Gasteiger partial charge in [-0.05, 0) is 70.6 Å². The van der Waals surface area contributed by atoms with Crippen LogP contribution in [0.4, 0.5) is 0 Å². The highest BCUT2D eigenvalue weighted by Crippen LogP contribution is 2.36. The molecule has 2 atom stereocenters. The Balaban J connectivity index is 4.17. The van der Waals surface area contributed by atoms with E-state index < -0.39 is 38.6 Å². The number of hydrogen-bond donors (Lipinski definition) is 3. The topological polar surface area (TPSA) is 140 Å². The average molecular weight is 739 g/mol. The molecule has 0 saturated heterocycles.